The summed E-state index contributed by atoms with van der Waals surface area (Å²) < 4.78 is 0. The van der Waals surface area contributed by atoms with Crippen molar-refractivity contribution in [3.63, 3.8) is 0 Å². The standard InChI is InChI=1S/C11H19Cl/c1-10(2)8-4-5-11(3,6-8)9(10)7-12/h8-9H,4-7H2,1-3H3. The molecule has 0 aromatic carbocycles. The number of fused-ring (bicyclic) bond motifs is 2. The second kappa shape index (κ2) is 2.41. The Morgan fingerprint density at radius 1 is 1.33 bits per heavy atom. The first-order chi connectivity index (χ1) is 5.50. The van der Waals surface area contributed by atoms with Gasteiger partial charge in [-0.05, 0) is 41.9 Å². The van der Waals surface area contributed by atoms with Crippen LogP contribution >= 0.6 is 11.6 Å². The van der Waals surface area contributed by atoms with E-state index in [1.165, 1.54) is 19.3 Å². The van der Waals surface area contributed by atoms with E-state index in [4.69, 9.17) is 11.6 Å². The molecule has 2 saturated carbocycles. The third-order valence-corrected chi connectivity index (χ3v) is 5.03. The number of halogens is 1. The van der Waals surface area contributed by atoms with E-state index in [2.05, 4.69) is 20.8 Å². The van der Waals surface area contributed by atoms with Crippen LogP contribution in [0, 0.1) is 22.7 Å². The third-order valence-electron chi connectivity index (χ3n) is 4.72. The lowest BCUT2D eigenvalue weighted by Gasteiger charge is -2.41. The van der Waals surface area contributed by atoms with Gasteiger partial charge in [0, 0.05) is 5.88 Å². The summed E-state index contributed by atoms with van der Waals surface area (Å²) in [5, 5.41) is 0. The monoisotopic (exact) mass is 186 g/mol. The van der Waals surface area contributed by atoms with Gasteiger partial charge in [0.25, 0.3) is 0 Å². The summed E-state index contributed by atoms with van der Waals surface area (Å²) >= 11 is 6.08. The topological polar surface area (TPSA) is 0 Å². The maximum atomic E-state index is 6.08. The maximum Gasteiger partial charge on any atom is 0.0262 e. The molecule has 2 rings (SSSR count). The summed E-state index contributed by atoms with van der Waals surface area (Å²) in [6.45, 7) is 7.26. The second-order valence-electron chi connectivity index (χ2n) is 5.62. The van der Waals surface area contributed by atoms with Gasteiger partial charge in [0.15, 0.2) is 0 Å². The summed E-state index contributed by atoms with van der Waals surface area (Å²) in [6, 6.07) is 0. The van der Waals surface area contributed by atoms with E-state index in [1.54, 1.807) is 0 Å². The molecule has 0 saturated heterocycles. The van der Waals surface area contributed by atoms with Gasteiger partial charge in [0.2, 0.25) is 0 Å². The van der Waals surface area contributed by atoms with Crippen molar-refractivity contribution < 1.29 is 0 Å². The lowest BCUT2D eigenvalue weighted by Crippen LogP contribution is -2.36. The van der Waals surface area contributed by atoms with Crippen LogP contribution in [-0.2, 0) is 0 Å². The minimum absolute atomic E-state index is 0.509. The molecule has 70 valence electrons. The second-order valence-corrected chi connectivity index (χ2v) is 5.93. The highest BCUT2D eigenvalue weighted by molar-refractivity contribution is 6.18. The van der Waals surface area contributed by atoms with Crippen LogP contribution < -0.4 is 0 Å². The molecule has 0 nitrogen and oxygen atoms in total. The van der Waals surface area contributed by atoms with Crippen molar-refractivity contribution in [2.75, 3.05) is 5.88 Å². The number of rotatable bonds is 1. The molecular weight excluding hydrogens is 168 g/mol. The predicted octanol–water partition coefficient (Wildman–Crippen LogP) is 3.69. The van der Waals surface area contributed by atoms with E-state index >= 15 is 0 Å². The Labute approximate surface area is 80.7 Å². The number of alkyl halides is 1. The average molecular weight is 187 g/mol. The zero-order valence-electron chi connectivity index (χ0n) is 8.36. The lowest BCUT2D eigenvalue weighted by atomic mass is 9.65. The molecule has 2 bridgehead atoms. The fourth-order valence-corrected chi connectivity index (χ4v) is 4.56. The molecule has 0 aromatic rings. The molecule has 0 radical (unpaired) electrons. The van der Waals surface area contributed by atoms with E-state index in [0.717, 1.165) is 17.7 Å². The first-order valence-corrected chi connectivity index (χ1v) is 5.60. The molecule has 0 N–H and O–H groups in total. The highest BCUT2D eigenvalue weighted by Crippen LogP contribution is 2.66. The Bertz CT molecular complexity index is 192. The van der Waals surface area contributed by atoms with Crippen molar-refractivity contribution in [2.24, 2.45) is 22.7 Å². The van der Waals surface area contributed by atoms with Crippen LogP contribution in [0.5, 0.6) is 0 Å². The van der Waals surface area contributed by atoms with Gasteiger partial charge < -0.3 is 0 Å². The Balaban J connectivity index is 2.31. The first kappa shape index (κ1) is 8.87. The van der Waals surface area contributed by atoms with E-state index in [-0.39, 0.29) is 0 Å². The third kappa shape index (κ3) is 0.907. The molecule has 0 aromatic heterocycles. The van der Waals surface area contributed by atoms with Gasteiger partial charge in [0.05, 0.1) is 0 Å². The Hall–Kier alpha value is 0.290. The summed E-state index contributed by atoms with van der Waals surface area (Å²) in [6.07, 6.45) is 4.28. The summed E-state index contributed by atoms with van der Waals surface area (Å²) in [7, 11) is 0. The quantitative estimate of drug-likeness (QED) is 0.548. The molecular formula is C11H19Cl. The van der Waals surface area contributed by atoms with Gasteiger partial charge in [-0.2, -0.15) is 0 Å². The Morgan fingerprint density at radius 3 is 2.33 bits per heavy atom. The molecule has 3 atom stereocenters. The predicted molar refractivity (Wildman–Crippen MR) is 53.4 cm³/mol. The average Bonchev–Trinajstić information content (AvgIpc) is 2.39. The van der Waals surface area contributed by atoms with Crippen LogP contribution in [0.15, 0.2) is 0 Å². The summed E-state index contributed by atoms with van der Waals surface area (Å²) in [5.41, 5.74) is 1.09. The highest BCUT2D eigenvalue weighted by atomic mass is 35.5. The molecule has 3 unspecified atom stereocenters. The molecule has 0 aliphatic heterocycles. The van der Waals surface area contributed by atoms with Crippen molar-refractivity contribution in [1.29, 1.82) is 0 Å². The van der Waals surface area contributed by atoms with Crippen LogP contribution in [0.2, 0.25) is 0 Å². The van der Waals surface area contributed by atoms with Crippen molar-refractivity contribution in [2.45, 2.75) is 40.0 Å². The molecule has 0 amide bonds. The number of hydrogen-bond donors (Lipinski definition) is 0. The van der Waals surface area contributed by atoms with E-state index in [1.807, 2.05) is 0 Å². The first-order valence-electron chi connectivity index (χ1n) is 5.07. The lowest BCUT2D eigenvalue weighted by molar-refractivity contribution is 0.0932. The van der Waals surface area contributed by atoms with Crippen molar-refractivity contribution in [3.8, 4) is 0 Å². The highest BCUT2D eigenvalue weighted by Gasteiger charge is 2.58. The minimum atomic E-state index is 0.509. The van der Waals surface area contributed by atoms with E-state index in [9.17, 15) is 0 Å². The molecule has 0 heterocycles. The van der Waals surface area contributed by atoms with E-state index < -0.39 is 0 Å². The number of hydrogen-bond acceptors (Lipinski definition) is 0. The fourth-order valence-electron chi connectivity index (χ4n) is 3.79. The fraction of sp³-hybridized carbons (Fsp3) is 1.00. The maximum absolute atomic E-state index is 6.08. The van der Waals surface area contributed by atoms with Crippen LogP contribution in [0.1, 0.15) is 40.0 Å². The molecule has 2 aliphatic carbocycles. The van der Waals surface area contributed by atoms with Gasteiger partial charge in [-0.15, -0.1) is 11.6 Å². The van der Waals surface area contributed by atoms with Gasteiger partial charge in [0.1, 0.15) is 0 Å². The van der Waals surface area contributed by atoms with Crippen molar-refractivity contribution in [1.82, 2.24) is 0 Å². The molecule has 1 heteroatoms. The molecule has 12 heavy (non-hydrogen) atoms. The zero-order valence-corrected chi connectivity index (χ0v) is 9.12. The van der Waals surface area contributed by atoms with Gasteiger partial charge in [-0.25, -0.2) is 0 Å². The van der Waals surface area contributed by atoms with Crippen molar-refractivity contribution >= 4 is 11.6 Å². The van der Waals surface area contributed by atoms with Crippen LogP contribution in [-0.4, -0.2) is 5.88 Å². The zero-order chi connectivity index (χ0) is 8.98. The summed E-state index contributed by atoms with van der Waals surface area (Å²) in [4.78, 5) is 0. The van der Waals surface area contributed by atoms with E-state index in [0.29, 0.717) is 10.8 Å². The Kier molecular flexibility index (Phi) is 1.78. The summed E-state index contributed by atoms with van der Waals surface area (Å²) in [5.74, 6) is 2.57. The van der Waals surface area contributed by atoms with Crippen molar-refractivity contribution in [3.05, 3.63) is 0 Å². The Morgan fingerprint density at radius 2 is 2.00 bits per heavy atom. The molecule has 2 fully saturated rings. The normalized spacial score (nSPS) is 50.0. The van der Waals surface area contributed by atoms with Gasteiger partial charge in [-0.3, -0.25) is 0 Å². The van der Waals surface area contributed by atoms with Gasteiger partial charge >= 0.3 is 0 Å². The van der Waals surface area contributed by atoms with Crippen LogP contribution in [0.4, 0.5) is 0 Å². The van der Waals surface area contributed by atoms with Gasteiger partial charge in [-0.1, -0.05) is 20.8 Å². The van der Waals surface area contributed by atoms with Crippen LogP contribution in [0.25, 0.3) is 0 Å². The largest absolute Gasteiger partial charge is 0.126 e. The molecule has 0 spiro atoms. The molecule has 2 aliphatic rings. The van der Waals surface area contributed by atoms with Crippen LogP contribution in [0.3, 0.4) is 0 Å². The minimum Gasteiger partial charge on any atom is -0.126 e. The SMILES string of the molecule is CC12CCC(C1)C(C)(C)C2CCl. The smallest absolute Gasteiger partial charge is 0.0262 e.